The SMILES string of the molecule is O=C(NC1CCN(Cc2ccc(-c3ccccc3)cc2)CC1)N1CCSCC1. The van der Waals surface area contributed by atoms with Crippen LogP contribution in [0, 0.1) is 0 Å². The number of thioether (sulfide) groups is 1. The van der Waals surface area contributed by atoms with E-state index in [9.17, 15) is 4.79 Å². The molecule has 0 atom stereocenters. The number of piperidine rings is 1. The molecule has 148 valence electrons. The predicted octanol–water partition coefficient (Wildman–Crippen LogP) is 4.08. The summed E-state index contributed by atoms with van der Waals surface area (Å²) in [6.45, 7) is 4.84. The zero-order chi connectivity index (χ0) is 19.2. The monoisotopic (exact) mass is 395 g/mol. The smallest absolute Gasteiger partial charge is 0.317 e. The van der Waals surface area contributed by atoms with Crippen molar-refractivity contribution in [3.8, 4) is 11.1 Å². The van der Waals surface area contributed by atoms with Crippen molar-refractivity contribution < 1.29 is 4.79 Å². The van der Waals surface area contributed by atoms with Gasteiger partial charge in [0.1, 0.15) is 0 Å². The first-order valence-corrected chi connectivity index (χ1v) is 11.4. The third kappa shape index (κ3) is 5.09. The molecule has 2 amide bonds. The number of hydrogen-bond acceptors (Lipinski definition) is 3. The Kier molecular flexibility index (Phi) is 6.55. The van der Waals surface area contributed by atoms with Gasteiger partial charge in [-0.05, 0) is 29.5 Å². The molecule has 0 aromatic heterocycles. The van der Waals surface area contributed by atoms with Crippen molar-refractivity contribution in [3.63, 3.8) is 0 Å². The molecule has 2 saturated heterocycles. The fourth-order valence-electron chi connectivity index (χ4n) is 3.96. The number of carbonyl (C=O) groups excluding carboxylic acids is 1. The highest BCUT2D eigenvalue weighted by Crippen LogP contribution is 2.21. The normalized spacial score (nSPS) is 18.8. The average Bonchev–Trinajstić information content (AvgIpc) is 2.77. The first kappa shape index (κ1) is 19.3. The maximum atomic E-state index is 12.4. The van der Waals surface area contributed by atoms with E-state index in [1.165, 1.54) is 16.7 Å². The standard InChI is InChI=1S/C23H29N3OS/c27-23(26-14-16-28-17-15-26)24-22-10-12-25(13-11-22)18-19-6-8-21(9-7-19)20-4-2-1-3-5-20/h1-9,22H,10-18H2,(H,24,27). The van der Waals surface area contributed by atoms with Crippen LogP contribution in [0.4, 0.5) is 4.79 Å². The second kappa shape index (κ2) is 9.48. The van der Waals surface area contributed by atoms with Crippen molar-refractivity contribution in [2.45, 2.75) is 25.4 Å². The molecule has 0 saturated carbocycles. The first-order valence-electron chi connectivity index (χ1n) is 10.3. The van der Waals surface area contributed by atoms with Crippen molar-refractivity contribution >= 4 is 17.8 Å². The van der Waals surface area contributed by atoms with Crippen LogP contribution in [0.5, 0.6) is 0 Å². The van der Waals surface area contributed by atoms with Gasteiger partial charge in [-0.25, -0.2) is 4.79 Å². The van der Waals surface area contributed by atoms with Gasteiger partial charge in [-0.15, -0.1) is 0 Å². The average molecular weight is 396 g/mol. The lowest BCUT2D eigenvalue weighted by molar-refractivity contribution is 0.171. The Hall–Kier alpha value is -1.98. The quantitative estimate of drug-likeness (QED) is 0.847. The van der Waals surface area contributed by atoms with Gasteiger partial charge in [-0.1, -0.05) is 54.6 Å². The van der Waals surface area contributed by atoms with Gasteiger partial charge in [0.25, 0.3) is 0 Å². The summed E-state index contributed by atoms with van der Waals surface area (Å²) in [7, 11) is 0. The summed E-state index contributed by atoms with van der Waals surface area (Å²) in [5.74, 6) is 2.13. The van der Waals surface area contributed by atoms with Crippen molar-refractivity contribution in [1.82, 2.24) is 15.1 Å². The molecule has 2 fully saturated rings. The van der Waals surface area contributed by atoms with Gasteiger partial charge in [0.05, 0.1) is 0 Å². The molecule has 1 N–H and O–H groups in total. The number of amides is 2. The van der Waals surface area contributed by atoms with Crippen LogP contribution in [-0.4, -0.2) is 59.6 Å². The van der Waals surface area contributed by atoms with Crippen LogP contribution in [0.2, 0.25) is 0 Å². The predicted molar refractivity (Wildman–Crippen MR) is 118 cm³/mol. The summed E-state index contributed by atoms with van der Waals surface area (Å²) in [6.07, 6.45) is 2.08. The van der Waals surface area contributed by atoms with Gasteiger partial charge in [0.15, 0.2) is 0 Å². The van der Waals surface area contributed by atoms with E-state index in [1.54, 1.807) is 0 Å². The third-order valence-electron chi connectivity index (χ3n) is 5.68. The highest BCUT2D eigenvalue weighted by molar-refractivity contribution is 7.99. The molecule has 2 aliphatic heterocycles. The Balaban J connectivity index is 1.23. The molecular weight excluding hydrogens is 366 g/mol. The minimum atomic E-state index is 0.134. The number of urea groups is 1. The molecule has 2 aromatic carbocycles. The molecular formula is C23H29N3OS. The molecule has 2 heterocycles. The van der Waals surface area contributed by atoms with Crippen molar-refractivity contribution in [3.05, 3.63) is 60.2 Å². The van der Waals surface area contributed by atoms with Gasteiger partial charge >= 0.3 is 6.03 Å². The van der Waals surface area contributed by atoms with Crippen LogP contribution in [-0.2, 0) is 6.54 Å². The van der Waals surface area contributed by atoms with E-state index in [2.05, 4.69) is 64.8 Å². The van der Waals surface area contributed by atoms with E-state index in [-0.39, 0.29) is 6.03 Å². The maximum absolute atomic E-state index is 12.4. The molecule has 28 heavy (non-hydrogen) atoms. The molecule has 2 aromatic rings. The number of nitrogens with one attached hydrogen (secondary N) is 1. The number of nitrogens with zero attached hydrogens (tertiary/aromatic N) is 2. The van der Waals surface area contributed by atoms with E-state index < -0.39 is 0 Å². The fourth-order valence-corrected chi connectivity index (χ4v) is 4.86. The van der Waals surface area contributed by atoms with Crippen LogP contribution in [0.1, 0.15) is 18.4 Å². The Morgan fingerprint density at radius 2 is 1.54 bits per heavy atom. The summed E-state index contributed by atoms with van der Waals surface area (Å²) in [5, 5.41) is 3.25. The van der Waals surface area contributed by atoms with Crippen LogP contribution in [0.15, 0.2) is 54.6 Å². The lowest BCUT2D eigenvalue weighted by Crippen LogP contribution is -2.50. The Labute approximate surface area is 172 Å². The lowest BCUT2D eigenvalue weighted by Gasteiger charge is -2.34. The van der Waals surface area contributed by atoms with E-state index in [0.717, 1.165) is 57.1 Å². The zero-order valence-corrected chi connectivity index (χ0v) is 17.2. The molecule has 0 unspecified atom stereocenters. The summed E-state index contributed by atoms with van der Waals surface area (Å²) in [4.78, 5) is 16.8. The summed E-state index contributed by atoms with van der Waals surface area (Å²) < 4.78 is 0. The topological polar surface area (TPSA) is 35.6 Å². The van der Waals surface area contributed by atoms with Crippen LogP contribution in [0.25, 0.3) is 11.1 Å². The minimum Gasteiger partial charge on any atom is -0.335 e. The molecule has 0 bridgehead atoms. The van der Waals surface area contributed by atoms with Crippen LogP contribution < -0.4 is 5.32 Å². The maximum Gasteiger partial charge on any atom is 0.317 e. The number of hydrogen-bond donors (Lipinski definition) is 1. The molecule has 0 aliphatic carbocycles. The minimum absolute atomic E-state index is 0.134. The largest absolute Gasteiger partial charge is 0.335 e. The number of rotatable bonds is 4. The molecule has 0 radical (unpaired) electrons. The number of likely N-dealkylation sites (tertiary alicyclic amines) is 1. The highest BCUT2D eigenvalue weighted by atomic mass is 32.2. The Bertz CT molecular complexity index is 751. The highest BCUT2D eigenvalue weighted by Gasteiger charge is 2.23. The van der Waals surface area contributed by atoms with Gasteiger partial charge in [-0.2, -0.15) is 11.8 Å². The first-order chi connectivity index (χ1) is 13.8. The third-order valence-corrected chi connectivity index (χ3v) is 6.62. The molecule has 5 heteroatoms. The second-order valence-electron chi connectivity index (χ2n) is 7.66. The second-order valence-corrected chi connectivity index (χ2v) is 8.89. The van der Waals surface area contributed by atoms with Crippen LogP contribution in [0.3, 0.4) is 0 Å². The van der Waals surface area contributed by atoms with Gasteiger partial charge in [0, 0.05) is 50.3 Å². The van der Waals surface area contributed by atoms with Gasteiger partial charge in [0.2, 0.25) is 0 Å². The summed E-state index contributed by atoms with van der Waals surface area (Å²) in [5.41, 5.74) is 3.88. The van der Waals surface area contributed by atoms with E-state index in [0.29, 0.717) is 6.04 Å². The van der Waals surface area contributed by atoms with Gasteiger partial charge < -0.3 is 10.2 Å². The molecule has 2 aliphatic rings. The Morgan fingerprint density at radius 3 is 2.21 bits per heavy atom. The summed E-state index contributed by atoms with van der Waals surface area (Å²) in [6, 6.07) is 19.9. The van der Waals surface area contributed by atoms with E-state index in [1.807, 2.05) is 16.7 Å². The molecule has 4 nitrogen and oxygen atoms in total. The van der Waals surface area contributed by atoms with E-state index in [4.69, 9.17) is 0 Å². The van der Waals surface area contributed by atoms with Crippen LogP contribution >= 0.6 is 11.8 Å². The zero-order valence-electron chi connectivity index (χ0n) is 16.3. The van der Waals surface area contributed by atoms with Crippen molar-refractivity contribution in [1.29, 1.82) is 0 Å². The van der Waals surface area contributed by atoms with Crippen molar-refractivity contribution in [2.24, 2.45) is 0 Å². The van der Waals surface area contributed by atoms with E-state index >= 15 is 0 Å². The molecule has 0 spiro atoms. The van der Waals surface area contributed by atoms with Crippen molar-refractivity contribution in [2.75, 3.05) is 37.7 Å². The fraction of sp³-hybridized carbons (Fsp3) is 0.435. The molecule has 4 rings (SSSR count). The number of benzene rings is 2. The lowest BCUT2D eigenvalue weighted by atomic mass is 10.0. The Morgan fingerprint density at radius 1 is 0.893 bits per heavy atom. The summed E-state index contributed by atoms with van der Waals surface area (Å²) >= 11 is 1.93. The number of carbonyl (C=O) groups is 1. The van der Waals surface area contributed by atoms with Gasteiger partial charge in [-0.3, -0.25) is 4.90 Å².